The van der Waals surface area contributed by atoms with Crippen molar-refractivity contribution in [1.82, 2.24) is 30.4 Å². The van der Waals surface area contributed by atoms with Crippen LogP contribution in [0.15, 0.2) is 29.4 Å². The third kappa shape index (κ3) is 4.31. The minimum atomic E-state index is 0. The standard InChI is InChI=1S/C20H27N7.HI/c1-13-5-4-6-17-15(11-23-19(13)17)9-10-22-20(21-3)25-16-7-8-18-24-14(2)26-27(18)12-16;/h4-6,11,16,23H,7-10,12H2,1-3H3,(H2,21,22,25);1H. The average molecular weight is 493 g/mol. The molecule has 8 heteroatoms. The second kappa shape index (κ2) is 8.93. The van der Waals surface area contributed by atoms with E-state index in [1.165, 1.54) is 22.0 Å². The van der Waals surface area contributed by atoms with Gasteiger partial charge in [-0.1, -0.05) is 18.2 Å². The number of hydrogen-bond donors (Lipinski definition) is 3. The Morgan fingerprint density at radius 2 is 2.21 bits per heavy atom. The van der Waals surface area contributed by atoms with Gasteiger partial charge in [-0.3, -0.25) is 4.99 Å². The van der Waals surface area contributed by atoms with E-state index < -0.39 is 0 Å². The third-order valence-corrected chi connectivity index (χ3v) is 5.22. The average Bonchev–Trinajstić information content (AvgIpc) is 3.24. The molecule has 0 fully saturated rings. The van der Waals surface area contributed by atoms with Crippen LogP contribution in [-0.2, 0) is 19.4 Å². The van der Waals surface area contributed by atoms with E-state index >= 15 is 0 Å². The van der Waals surface area contributed by atoms with Gasteiger partial charge in [0.25, 0.3) is 0 Å². The monoisotopic (exact) mass is 493 g/mol. The minimum Gasteiger partial charge on any atom is -0.361 e. The molecule has 1 atom stereocenters. The number of hydrogen-bond acceptors (Lipinski definition) is 3. The van der Waals surface area contributed by atoms with Gasteiger partial charge in [-0.25, -0.2) is 9.67 Å². The Bertz CT molecular complexity index is 972. The number of nitrogens with one attached hydrogen (secondary N) is 3. The number of H-pyrrole nitrogens is 1. The molecule has 1 unspecified atom stereocenters. The zero-order valence-corrected chi connectivity index (χ0v) is 18.9. The topological polar surface area (TPSA) is 82.9 Å². The molecule has 3 aromatic rings. The van der Waals surface area contributed by atoms with E-state index in [4.69, 9.17) is 0 Å². The van der Waals surface area contributed by atoms with Gasteiger partial charge >= 0.3 is 0 Å². The van der Waals surface area contributed by atoms with Crippen molar-refractivity contribution < 1.29 is 0 Å². The maximum atomic E-state index is 4.47. The van der Waals surface area contributed by atoms with Gasteiger partial charge in [0.05, 0.1) is 6.54 Å². The Morgan fingerprint density at radius 1 is 1.36 bits per heavy atom. The molecule has 3 heterocycles. The number of aromatic amines is 1. The number of para-hydroxylation sites is 1. The first-order valence-electron chi connectivity index (χ1n) is 9.57. The van der Waals surface area contributed by atoms with E-state index in [2.05, 4.69) is 62.0 Å². The summed E-state index contributed by atoms with van der Waals surface area (Å²) in [5.74, 6) is 2.78. The quantitative estimate of drug-likeness (QED) is 0.297. The summed E-state index contributed by atoms with van der Waals surface area (Å²) in [7, 11) is 1.82. The summed E-state index contributed by atoms with van der Waals surface area (Å²) < 4.78 is 2.01. The highest BCUT2D eigenvalue weighted by Gasteiger charge is 2.21. The van der Waals surface area contributed by atoms with Crippen LogP contribution < -0.4 is 10.6 Å². The zero-order valence-electron chi connectivity index (χ0n) is 16.6. The molecular formula is C20H28IN7. The highest BCUT2D eigenvalue weighted by Crippen LogP contribution is 2.21. The molecule has 150 valence electrons. The molecule has 28 heavy (non-hydrogen) atoms. The molecular weight excluding hydrogens is 465 g/mol. The van der Waals surface area contributed by atoms with Crippen LogP contribution in [0.1, 0.15) is 29.2 Å². The fourth-order valence-corrected chi connectivity index (χ4v) is 3.83. The van der Waals surface area contributed by atoms with Gasteiger partial charge in [-0.2, -0.15) is 5.10 Å². The minimum absolute atomic E-state index is 0. The van der Waals surface area contributed by atoms with Crippen LogP contribution in [-0.4, -0.2) is 45.3 Å². The number of rotatable bonds is 4. The summed E-state index contributed by atoms with van der Waals surface area (Å²) in [6.45, 7) is 5.75. The summed E-state index contributed by atoms with van der Waals surface area (Å²) in [5, 5.41) is 12.7. The van der Waals surface area contributed by atoms with Crippen LogP contribution >= 0.6 is 24.0 Å². The first-order valence-corrected chi connectivity index (χ1v) is 9.57. The SMILES string of the molecule is CN=C(NCCc1c[nH]c2c(C)cccc12)NC1CCc2nc(C)nn2C1.I. The molecule has 7 nitrogen and oxygen atoms in total. The van der Waals surface area contributed by atoms with Crippen LogP contribution in [0.2, 0.25) is 0 Å². The summed E-state index contributed by atoms with van der Waals surface area (Å²) in [6, 6.07) is 6.76. The Kier molecular flexibility index (Phi) is 6.58. The zero-order chi connectivity index (χ0) is 18.8. The van der Waals surface area contributed by atoms with E-state index in [1.54, 1.807) is 0 Å². The van der Waals surface area contributed by atoms with Gasteiger partial charge in [-0.05, 0) is 37.8 Å². The molecule has 0 spiro atoms. The van der Waals surface area contributed by atoms with Crippen LogP contribution in [0, 0.1) is 13.8 Å². The largest absolute Gasteiger partial charge is 0.361 e. The molecule has 1 aromatic carbocycles. The molecule has 0 aliphatic carbocycles. The first-order chi connectivity index (χ1) is 13.1. The van der Waals surface area contributed by atoms with Crippen molar-refractivity contribution in [2.24, 2.45) is 4.99 Å². The lowest BCUT2D eigenvalue weighted by Gasteiger charge is -2.25. The Balaban J connectivity index is 0.00000225. The lowest BCUT2D eigenvalue weighted by Crippen LogP contribution is -2.47. The van der Waals surface area contributed by atoms with Gasteiger partial charge < -0.3 is 15.6 Å². The molecule has 0 amide bonds. The van der Waals surface area contributed by atoms with Gasteiger partial charge in [0.2, 0.25) is 0 Å². The molecule has 2 aromatic heterocycles. The molecule has 0 radical (unpaired) electrons. The molecule has 0 saturated heterocycles. The molecule has 0 bridgehead atoms. The summed E-state index contributed by atoms with van der Waals surface area (Å²) >= 11 is 0. The van der Waals surface area contributed by atoms with Gasteiger partial charge in [-0.15, -0.1) is 24.0 Å². The number of nitrogens with zero attached hydrogens (tertiary/aromatic N) is 4. The van der Waals surface area contributed by atoms with Crippen molar-refractivity contribution in [3.63, 3.8) is 0 Å². The second-order valence-electron chi connectivity index (χ2n) is 7.20. The van der Waals surface area contributed by atoms with Crippen LogP contribution in [0.5, 0.6) is 0 Å². The van der Waals surface area contributed by atoms with E-state index in [0.29, 0.717) is 6.04 Å². The summed E-state index contributed by atoms with van der Waals surface area (Å²) in [4.78, 5) is 12.2. The Labute approximate surface area is 182 Å². The maximum Gasteiger partial charge on any atom is 0.191 e. The van der Waals surface area contributed by atoms with E-state index in [-0.39, 0.29) is 24.0 Å². The highest BCUT2D eigenvalue weighted by atomic mass is 127. The number of guanidine groups is 1. The number of benzene rings is 1. The molecule has 1 aliphatic rings. The predicted molar refractivity (Wildman–Crippen MR) is 124 cm³/mol. The van der Waals surface area contributed by atoms with Crippen LogP contribution in [0.4, 0.5) is 0 Å². The third-order valence-electron chi connectivity index (χ3n) is 5.22. The van der Waals surface area contributed by atoms with Gasteiger partial charge in [0, 0.05) is 43.2 Å². The molecule has 4 rings (SSSR count). The van der Waals surface area contributed by atoms with Crippen molar-refractivity contribution in [3.8, 4) is 0 Å². The molecule has 0 saturated carbocycles. The maximum absolute atomic E-state index is 4.47. The van der Waals surface area contributed by atoms with Crippen molar-refractivity contribution >= 4 is 40.8 Å². The van der Waals surface area contributed by atoms with Crippen molar-refractivity contribution in [1.29, 1.82) is 0 Å². The van der Waals surface area contributed by atoms with Crippen LogP contribution in [0.25, 0.3) is 10.9 Å². The second-order valence-corrected chi connectivity index (χ2v) is 7.20. The summed E-state index contributed by atoms with van der Waals surface area (Å²) in [6.07, 6.45) is 5.05. The fraction of sp³-hybridized carbons (Fsp3) is 0.450. The van der Waals surface area contributed by atoms with Gasteiger partial charge in [0.15, 0.2) is 5.96 Å². The Morgan fingerprint density at radius 3 is 3.04 bits per heavy atom. The summed E-state index contributed by atoms with van der Waals surface area (Å²) in [5.41, 5.74) is 3.84. The number of aryl methyl sites for hydroxylation is 3. The van der Waals surface area contributed by atoms with Gasteiger partial charge in [0.1, 0.15) is 11.6 Å². The normalized spacial score (nSPS) is 16.5. The molecule has 1 aliphatic heterocycles. The first kappa shape index (κ1) is 20.6. The van der Waals surface area contributed by atoms with Crippen molar-refractivity contribution in [3.05, 3.63) is 47.2 Å². The fourth-order valence-electron chi connectivity index (χ4n) is 3.83. The number of fused-ring (bicyclic) bond motifs is 2. The number of aromatic nitrogens is 4. The Hall–Kier alpha value is -2.10. The lowest BCUT2D eigenvalue weighted by molar-refractivity contribution is 0.392. The van der Waals surface area contributed by atoms with Crippen molar-refractivity contribution in [2.45, 2.75) is 45.7 Å². The highest BCUT2D eigenvalue weighted by molar-refractivity contribution is 14.0. The van der Waals surface area contributed by atoms with E-state index in [9.17, 15) is 0 Å². The van der Waals surface area contributed by atoms with Crippen molar-refractivity contribution in [2.75, 3.05) is 13.6 Å². The van der Waals surface area contributed by atoms with Crippen LogP contribution in [0.3, 0.4) is 0 Å². The number of halogens is 1. The smallest absolute Gasteiger partial charge is 0.191 e. The van der Waals surface area contributed by atoms with E-state index in [1.807, 2.05) is 18.7 Å². The predicted octanol–water partition coefficient (Wildman–Crippen LogP) is 2.72. The number of aliphatic imine (C=N–C) groups is 1. The molecule has 3 N–H and O–H groups in total. The lowest BCUT2D eigenvalue weighted by atomic mass is 10.1. The van der Waals surface area contributed by atoms with E-state index in [0.717, 1.165) is 50.0 Å².